The van der Waals surface area contributed by atoms with Crippen LogP contribution in [0.4, 0.5) is 0 Å². The fraction of sp³-hybridized carbons (Fsp3) is 0.667. The van der Waals surface area contributed by atoms with Crippen molar-refractivity contribution in [2.45, 2.75) is 62.7 Å². The molecule has 0 bridgehead atoms. The van der Waals surface area contributed by atoms with Gasteiger partial charge in [-0.05, 0) is 52.0 Å². The first-order valence-corrected chi connectivity index (χ1v) is 8.21. The molecule has 1 heterocycles. The maximum absolute atomic E-state index is 9.29. The second kappa shape index (κ2) is 7.05. The summed E-state index contributed by atoms with van der Waals surface area (Å²) in [5.41, 5.74) is 0.652. The van der Waals surface area contributed by atoms with Gasteiger partial charge in [0.15, 0.2) is 5.16 Å². The highest BCUT2D eigenvalue weighted by Gasteiger charge is 2.31. The lowest BCUT2D eigenvalue weighted by atomic mass is 9.96. The third kappa shape index (κ3) is 5.10. The van der Waals surface area contributed by atoms with E-state index in [9.17, 15) is 5.26 Å². The van der Waals surface area contributed by atoms with Crippen LogP contribution < -0.4 is 5.32 Å². The van der Waals surface area contributed by atoms with E-state index in [1.165, 1.54) is 12.8 Å². The summed E-state index contributed by atoms with van der Waals surface area (Å²) in [7, 11) is 0. The maximum Gasteiger partial charge on any atom is 0.187 e. The van der Waals surface area contributed by atoms with Crippen molar-refractivity contribution in [2.24, 2.45) is 0 Å². The molecule has 0 saturated heterocycles. The van der Waals surface area contributed by atoms with Crippen LogP contribution in [0.2, 0.25) is 0 Å². The van der Waals surface area contributed by atoms with E-state index in [0.717, 1.165) is 35.9 Å². The van der Waals surface area contributed by atoms with E-state index < -0.39 is 0 Å². The summed E-state index contributed by atoms with van der Waals surface area (Å²) in [6.45, 7) is 4.00. The molecule has 5 heteroatoms. The zero-order valence-corrected chi connectivity index (χ0v) is 13.0. The van der Waals surface area contributed by atoms with Gasteiger partial charge in [0.2, 0.25) is 0 Å². The van der Waals surface area contributed by atoms with Gasteiger partial charge in [0.1, 0.15) is 5.54 Å². The molecule has 1 saturated carbocycles. The fourth-order valence-electron chi connectivity index (χ4n) is 2.08. The van der Waals surface area contributed by atoms with Crippen molar-refractivity contribution >= 4 is 11.8 Å². The van der Waals surface area contributed by atoms with Gasteiger partial charge in [0.25, 0.3) is 0 Å². The third-order valence-electron chi connectivity index (χ3n) is 3.42. The van der Waals surface area contributed by atoms with Crippen LogP contribution in [0.15, 0.2) is 17.4 Å². The molecular formula is C15H22N4S. The molecule has 20 heavy (non-hydrogen) atoms. The summed E-state index contributed by atoms with van der Waals surface area (Å²) in [5, 5.41) is 13.6. The topological polar surface area (TPSA) is 61.6 Å². The predicted octanol–water partition coefficient (Wildman–Crippen LogP) is 3.08. The van der Waals surface area contributed by atoms with Crippen LogP contribution >= 0.6 is 11.8 Å². The molecule has 1 fully saturated rings. The van der Waals surface area contributed by atoms with Gasteiger partial charge < -0.3 is 0 Å². The number of rotatable bonds is 8. The van der Waals surface area contributed by atoms with Gasteiger partial charge in [-0.3, -0.25) is 5.32 Å². The summed E-state index contributed by atoms with van der Waals surface area (Å²) in [5.74, 6) is 1.01. The largest absolute Gasteiger partial charge is 0.297 e. The number of aromatic nitrogens is 2. The van der Waals surface area contributed by atoms with E-state index in [1.807, 2.05) is 19.9 Å². The van der Waals surface area contributed by atoms with E-state index in [0.29, 0.717) is 6.04 Å². The first-order chi connectivity index (χ1) is 9.61. The van der Waals surface area contributed by atoms with Crippen LogP contribution in [0.1, 0.15) is 44.7 Å². The summed E-state index contributed by atoms with van der Waals surface area (Å²) < 4.78 is 0. The van der Waals surface area contributed by atoms with Crippen LogP contribution in [0.25, 0.3) is 0 Å². The van der Waals surface area contributed by atoms with Gasteiger partial charge in [-0.15, -0.1) is 0 Å². The van der Waals surface area contributed by atoms with Crippen molar-refractivity contribution in [1.29, 1.82) is 5.26 Å². The third-order valence-corrected chi connectivity index (χ3v) is 4.37. The molecule has 1 atom stereocenters. The maximum atomic E-state index is 9.29. The molecule has 1 aliphatic rings. The smallest absolute Gasteiger partial charge is 0.187 e. The lowest BCUT2D eigenvalue weighted by Crippen LogP contribution is -2.42. The van der Waals surface area contributed by atoms with Crippen molar-refractivity contribution in [3.05, 3.63) is 18.0 Å². The molecule has 0 aromatic carbocycles. The number of nitriles is 1. The van der Waals surface area contributed by atoms with Crippen LogP contribution in [-0.4, -0.2) is 27.3 Å². The molecule has 1 aromatic rings. The highest BCUT2D eigenvalue weighted by molar-refractivity contribution is 7.99. The number of nitrogens with zero attached hydrogens (tertiary/aromatic N) is 3. The highest BCUT2D eigenvalue weighted by atomic mass is 32.2. The SMILES string of the molecule is Cc1ccnc(SCCCCC(C)(C#N)NC2CC2)n1. The minimum atomic E-state index is -0.355. The Morgan fingerprint density at radius 2 is 2.30 bits per heavy atom. The minimum absolute atomic E-state index is 0.355. The quantitative estimate of drug-likeness (QED) is 0.453. The average molecular weight is 290 g/mol. The van der Waals surface area contributed by atoms with Gasteiger partial charge >= 0.3 is 0 Å². The van der Waals surface area contributed by atoms with Gasteiger partial charge in [-0.2, -0.15) is 5.26 Å². The van der Waals surface area contributed by atoms with Crippen molar-refractivity contribution in [3.8, 4) is 6.07 Å². The zero-order chi connectivity index (χ0) is 14.4. The normalized spacial score (nSPS) is 17.4. The second-order valence-corrected chi connectivity index (χ2v) is 6.71. The molecule has 0 amide bonds. The minimum Gasteiger partial charge on any atom is -0.297 e. The van der Waals surface area contributed by atoms with Crippen LogP contribution in [0.5, 0.6) is 0 Å². The Kier molecular flexibility index (Phi) is 5.38. The second-order valence-electron chi connectivity index (χ2n) is 5.65. The Labute approximate surface area is 125 Å². The van der Waals surface area contributed by atoms with Crippen molar-refractivity contribution < 1.29 is 0 Å². The van der Waals surface area contributed by atoms with E-state index >= 15 is 0 Å². The summed E-state index contributed by atoms with van der Waals surface area (Å²) in [4.78, 5) is 8.61. The molecule has 2 rings (SSSR count). The Hall–Kier alpha value is -1.12. The van der Waals surface area contributed by atoms with Crippen molar-refractivity contribution in [2.75, 3.05) is 5.75 Å². The van der Waals surface area contributed by atoms with Crippen molar-refractivity contribution in [1.82, 2.24) is 15.3 Å². The van der Waals surface area contributed by atoms with Gasteiger partial charge in [-0.25, -0.2) is 9.97 Å². The number of nitrogens with one attached hydrogen (secondary N) is 1. The van der Waals surface area contributed by atoms with E-state index in [4.69, 9.17) is 0 Å². The van der Waals surface area contributed by atoms with E-state index in [-0.39, 0.29) is 5.54 Å². The Balaban J connectivity index is 1.64. The number of hydrogen-bond acceptors (Lipinski definition) is 5. The lowest BCUT2D eigenvalue weighted by molar-refractivity contribution is 0.402. The lowest BCUT2D eigenvalue weighted by Gasteiger charge is -2.23. The van der Waals surface area contributed by atoms with Gasteiger partial charge in [0.05, 0.1) is 6.07 Å². The van der Waals surface area contributed by atoms with Gasteiger partial charge in [0, 0.05) is 23.7 Å². The summed E-state index contributed by atoms with van der Waals surface area (Å²) in [6, 6.07) is 4.91. The van der Waals surface area contributed by atoms with Crippen LogP contribution in [0, 0.1) is 18.3 Å². The van der Waals surface area contributed by atoms with Crippen molar-refractivity contribution in [3.63, 3.8) is 0 Å². The van der Waals surface area contributed by atoms with E-state index in [2.05, 4.69) is 21.4 Å². The Morgan fingerprint density at radius 1 is 1.50 bits per heavy atom. The monoisotopic (exact) mass is 290 g/mol. The highest BCUT2D eigenvalue weighted by Crippen LogP contribution is 2.25. The number of unbranched alkanes of at least 4 members (excludes halogenated alkanes) is 1. The molecule has 1 aliphatic carbocycles. The average Bonchev–Trinajstić information content (AvgIpc) is 3.22. The number of thioether (sulfide) groups is 1. The molecular weight excluding hydrogens is 268 g/mol. The Bertz CT molecular complexity index is 481. The summed E-state index contributed by atoms with van der Waals surface area (Å²) in [6.07, 6.45) is 7.30. The summed E-state index contributed by atoms with van der Waals surface area (Å²) >= 11 is 1.69. The standard InChI is InChI=1S/C15H22N4S/c1-12-7-9-17-14(18-12)20-10-4-3-8-15(2,11-16)19-13-5-6-13/h7,9,13,19H,3-6,8,10H2,1-2H3. The first-order valence-electron chi connectivity index (χ1n) is 7.23. The first kappa shape index (κ1) is 15.3. The molecule has 0 aliphatic heterocycles. The molecule has 0 spiro atoms. The van der Waals surface area contributed by atoms with E-state index in [1.54, 1.807) is 18.0 Å². The molecule has 1 aromatic heterocycles. The zero-order valence-electron chi connectivity index (χ0n) is 12.2. The number of aryl methyl sites for hydroxylation is 1. The molecule has 1 N–H and O–H groups in total. The number of hydrogen-bond donors (Lipinski definition) is 1. The van der Waals surface area contributed by atoms with Crippen LogP contribution in [-0.2, 0) is 0 Å². The molecule has 4 nitrogen and oxygen atoms in total. The molecule has 0 radical (unpaired) electrons. The van der Waals surface area contributed by atoms with Gasteiger partial charge in [-0.1, -0.05) is 11.8 Å². The molecule has 1 unspecified atom stereocenters. The molecule has 108 valence electrons. The van der Waals surface area contributed by atoms with Crippen LogP contribution in [0.3, 0.4) is 0 Å². The Morgan fingerprint density at radius 3 is 2.95 bits per heavy atom. The predicted molar refractivity (Wildman–Crippen MR) is 81.5 cm³/mol. The fourth-order valence-corrected chi connectivity index (χ4v) is 2.95.